The Morgan fingerprint density at radius 3 is 2.67 bits per heavy atom. The Morgan fingerprint density at radius 1 is 1.11 bits per heavy atom. The summed E-state index contributed by atoms with van der Waals surface area (Å²) in [5.74, 6) is -0.106. The molecule has 1 N–H and O–H groups in total. The number of pyridine rings is 3. The zero-order valence-corrected chi connectivity index (χ0v) is 20.3. The van der Waals surface area contributed by atoms with Gasteiger partial charge in [-0.15, -0.1) is 5.10 Å². The second kappa shape index (κ2) is 11.2. The molecule has 4 aromatic heterocycles. The minimum absolute atomic E-state index is 0.00612. The Morgan fingerprint density at radius 2 is 1.94 bits per heavy atom. The molecule has 186 valence electrons. The summed E-state index contributed by atoms with van der Waals surface area (Å²) in [7, 11) is 1.49. The van der Waals surface area contributed by atoms with E-state index in [9.17, 15) is 13.6 Å². The minimum Gasteiger partial charge on any atom is -0.494 e. The summed E-state index contributed by atoms with van der Waals surface area (Å²) in [5, 5.41) is 11.1. The Balaban J connectivity index is 1.46. The number of amides is 1. The van der Waals surface area contributed by atoms with E-state index >= 15 is 0 Å². The van der Waals surface area contributed by atoms with Crippen LogP contribution in [-0.4, -0.2) is 44.8 Å². The SMILES string of the molecule is COc1cnc(Cl)cc1-c1cc(C)ncc1C(=O)Nc1nnc(OCc2ccc(OC(F)F)cn2)s1. The number of nitrogens with one attached hydrogen (secondary N) is 1. The molecule has 0 radical (unpaired) electrons. The van der Waals surface area contributed by atoms with Gasteiger partial charge < -0.3 is 14.2 Å². The van der Waals surface area contributed by atoms with Crippen LogP contribution in [0, 0.1) is 6.92 Å². The van der Waals surface area contributed by atoms with Crippen LogP contribution < -0.4 is 19.5 Å². The van der Waals surface area contributed by atoms with Crippen LogP contribution in [0.15, 0.2) is 42.9 Å². The summed E-state index contributed by atoms with van der Waals surface area (Å²) in [6.45, 7) is -1.13. The van der Waals surface area contributed by atoms with Crippen molar-refractivity contribution >= 4 is 34.0 Å². The molecule has 0 aliphatic rings. The number of nitrogens with zero attached hydrogens (tertiary/aromatic N) is 5. The smallest absolute Gasteiger partial charge is 0.387 e. The fourth-order valence-electron chi connectivity index (χ4n) is 3.04. The van der Waals surface area contributed by atoms with Gasteiger partial charge in [0.05, 0.1) is 30.8 Å². The van der Waals surface area contributed by atoms with Crippen LogP contribution in [0.25, 0.3) is 11.1 Å². The van der Waals surface area contributed by atoms with Crippen molar-refractivity contribution in [3.63, 3.8) is 0 Å². The monoisotopic (exact) mass is 534 g/mol. The average molecular weight is 535 g/mol. The number of hydrogen-bond acceptors (Lipinski definition) is 10. The number of aromatic nitrogens is 5. The predicted octanol–water partition coefficient (Wildman–Crippen LogP) is 4.79. The maximum absolute atomic E-state index is 13.1. The van der Waals surface area contributed by atoms with Gasteiger partial charge in [0, 0.05) is 23.0 Å². The van der Waals surface area contributed by atoms with E-state index in [-0.39, 0.29) is 33.4 Å². The predicted molar refractivity (Wildman–Crippen MR) is 127 cm³/mol. The number of carbonyl (C=O) groups excluding carboxylic acids is 1. The van der Waals surface area contributed by atoms with E-state index in [0.717, 1.165) is 17.5 Å². The van der Waals surface area contributed by atoms with E-state index in [1.165, 1.54) is 31.6 Å². The maximum Gasteiger partial charge on any atom is 0.387 e. The molecule has 0 saturated heterocycles. The number of hydrogen-bond donors (Lipinski definition) is 1. The molecule has 4 rings (SSSR count). The van der Waals surface area contributed by atoms with Gasteiger partial charge in [-0.25, -0.2) is 4.98 Å². The maximum atomic E-state index is 13.1. The molecular formula is C22H17ClF2N6O4S. The van der Waals surface area contributed by atoms with E-state index in [2.05, 4.69) is 35.2 Å². The van der Waals surface area contributed by atoms with Crippen molar-refractivity contribution in [2.75, 3.05) is 12.4 Å². The second-order valence-electron chi connectivity index (χ2n) is 7.06. The molecule has 14 heteroatoms. The van der Waals surface area contributed by atoms with Crippen molar-refractivity contribution in [2.45, 2.75) is 20.1 Å². The molecule has 0 aliphatic heterocycles. The summed E-state index contributed by atoms with van der Waals surface area (Å²) in [6, 6.07) is 6.17. The van der Waals surface area contributed by atoms with Crippen LogP contribution in [0.5, 0.6) is 16.7 Å². The highest BCUT2D eigenvalue weighted by atomic mass is 35.5. The third-order valence-corrected chi connectivity index (χ3v) is 5.58. The van der Waals surface area contributed by atoms with E-state index in [4.69, 9.17) is 21.1 Å². The number of anilines is 1. The molecule has 0 aromatic carbocycles. The Bertz CT molecular complexity index is 1370. The largest absolute Gasteiger partial charge is 0.494 e. The molecule has 0 atom stereocenters. The van der Waals surface area contributed by atoms with E-state index in [1.54, 1.807) is 19.1 Å². The van der Waals surface area contributed by atoms with Crippen molar-refractivity contribution in [1.82, 2.24) is 25.1 Å². The summed E-state index contributed by atoms with van der Waals surface area (Å²) in [5.41, 5.74) is 2.52. The van der Waals surface area contributed by atoms with Gasteiger partial charge in [0.1, 0.15) is 23.3 Å². The molecule has 4 aromatic rings. The van der Waals surface area contributed by atoms with Crippen LogP contribution in [-0.2, 0) is 6.61 Å². The van der Waals surface area contributed by atoms with E-state index in [1.807, 2.05) is 0 Å². The minimum atomic E-state index is -2.93. The zero-order valence-electron chi connectivity index (χ0n) is 18.7. The van der Waals surface area contributed by atoms with Crippen molar-refractivity contribution in [1.29, 1.82) is 0 Å². The number of halogens is 3. The number of rotatable bonds is 9. The summed E-state index contributed by atoms with van der Waals surface area (Å²) < 4.78 is 39.6. The molecule has 0 fully saturated rings. The van der Waals surface area contributed by atoms with Gasteiger partial charge >= 0.3 is 6.61 Å². The molecule has 0 aliphatic carbocycles. The first-order valence-electron chi connectivity index (χ1n) is 10.2. The van der Waals surface area contributed by atoms with Crippen molar-refractivity contribution in [3.05, 3.63) is 65.0 Å². The number of alkyl halides is 2. The van der Waals surface area contributed by atoms with Crippen molar-refractivity contribution in [3.8, 4) is 27.8 Å². The molecule has 0 saturated carbocycles. The van der Waals surface area contributed by atoms with Gasteiger partial charge in [0.2, 0.25) is 5.13 Å². The molecular weight excluding hydrogens is 518 g/mol. The van der Waals surface area contributed by atoms with Crippen LogP contribution in [0.3, 0.4) is 0 Å². The number of methoxy groups -OCH3 is 1. The highest BCUT2D eigenvalue weighted by Crippen LogP contribution is 2.34. The van der Waals surface area contributed by atoms with Crippen LogP contribution >= 0.6 is 22.9 Å². The van der Waals surface area contributed by atoms with Gasteiger partial charge in [-0.05, 0) is 42.5 Å². The topological polar surface area (TPSA) is 121 Å². The normalized spacial score (nSPS) is 10.8. The summed E-state index contributed by atoms with van der Waals surface area (Å²) >= 11 is 7.07. The number of aryl methyl sites for hydroxylation is 1. The van der Waals surface area contributed by atoms with Gasteiger partial charge in [0.25, 0.3) is 11.1 Å². The van der Waals surface area contributed by atoms with Crippen LogP contribution in [0.1, 0.15) is 21.7 Å². The number of carbonyl (C=O) groups is 1. The number of ether oxygens (including phenoxy) is 3. The van der Waals surface area contributed by atoms with Gasteiger partial charge in [0.15, 0.2) is 0 Å². The Hall–Kier alpha value is -3.97. The Labute approximate surface area is 212 Å². The van der Waals surface area contributed by atoms with E-state index < -0.39 is 12.5 Å². The highest BCUT2D eigenvalue weighted by Gasteiger charge is 2.19. The summed E-state index contributed by atoms with van der Waals surface area (Å²) in [4.78, 5) is 25.3. The lowest BCUT2D eigenvalue weighted by Gasteiger charge is -2.13. The quantitative estimate of drug-likeness (QED) is 0.302. The fourth-order valence-corrected chi connectivity index (χ4v) is 3.79. The average Bonchev–Trinajstić information content (AvgIpc) is 3.30. The van der Waals surface area contributed by atoms with Crippen LogP contribution in [0.2, 0.25) is 5.15 Å². The molecule has 1 amide bonds. The van der Waals surface area contributed by atoms with E-state index in [0.29, 0.717) is 28.3 Å². The first-order valence-corrected chi connectivity index (χ1v) is 11.4. The first kappa shape index (κ1) is 25.1. The van der Waals surface area contributed by atoms with Crippen molar-refractivity contribution in [2.24, 2.45) is 0 Å². The lowest BCUT2D eigenvalue weighted by molar-refractivity contribution is -0.0501. The van der Waals surface area contributed by atoms with Crippen molar-refractivity contribution < 1.29 is 27.8 Å². The van der Waals surface area contributed by atoms with Gasteiger partial charge in [-0.1, -0.05) is 16.7 Å². The standard InChI is InChI=1S/C22H17ClF2N6O4S/c1-11-5-14(15-6-18(23)28-9-17(15)33-2)16(8-26-11)19(32)29-21-30-31-22(36-21)34-10-12-3-4-13(7-27-12)35-20(24)25/h3-9,20H,10H2,1-2H3,(H,29,30,32). The lowest BCUT2D eigenvalue weighted by atomic mass is 10.0. The van der Waals surface area contributed by atoms with Crippen LogP contribution in [0.4, 0.5) is 13.9 Å². The third kappa shape index (κ3) is 6.17. The molecule has 4 heterocycles. The molecule has 0 spiro atoms. The summed E-state index contributed by atoms with van der Waals surface area (Å²) in [6.07, 6.45) is 4.08. The fraction of sp³-hybridized carbons (Fsp3) is 0.182. The molecule has 0 bridgehead atoms. The lowest BCUT2D eigenvalue weighted by Crippen LogP contribution is -2.14. The van der Waals surface area contributed by atoms with Gasteiger partial charge in [-0.3, -0.25) is 20.1 Å². The highest BCUT2D eigenvalue weighted by molar-refractivity contribution is 7.17. The molecule has 36 heavy (non-hydrogen) atoms. The molecule has 10 nitrogen and oxygen atoms in total. The molecule has 0 unspecified atom stereocenters. The zero-order chi connectivity index (χ0) is 25.7. The first-order chi connectivity index (χ1) is 17.3. The second-order valence-corrected chi connectivity index (χ2v) is 8.39. The van der Waals surface area contributed by atoms with Gasteiger partial charge in [-0.2, -0.15) is 8.78 Å². The third-order valence-electron chi connectivity index (χ3n) is 4.62. The Kier molecular flexibility index (Phi) is 7.80.